The molecular weight excluding hydrogens is 374 g/mol. The van der Waals surface area contributed by atoms with Crippen LogP contribution in [0.3, 0.4) is 0 Å². The van der Waals surface area contributed by atoms with Gasteiger partial charge >= 0.3 is 0 Å². The van der Waals surface area contributed by atoms with E-state index in [2.05, 4.69) is 20.3 Å². The first-order valence-electron chi connectivity index (χ1n) is 8.90. The van der Waals surface area contributed by atoms with E-state index >= 15 is 0 Å². The Labute approximate surface area is 166 Å². The fourth-order valence-corrected chi connectivity index (χ4v) is 3.57. The van der Waals surface area contributed by atoms with Crippen LogP contribution >= 0.6 is 11.8 Å². The highest BCUT2D eigenvalue weighted by Crippen LogP contribution is 2.26. The summed E-state index contributed by atoms with van der Waals surface area (Å²) in [4.78, 5) is 4.48. The highest BCUT2D eigenvalue weighted by atomic mass is 32.2. The van der Waals surface area contributed by atoms with Crippen molar-refractivity contribution in [2.45, 2.75) is 24.8 Å². The van der Waals surface area contributed by atoms with Crippen LogP contribution in [0.5, 0.6) is 5.75 Å². The van der Waals surface area contributed by atoms with E-state index in [4.69, 9.17) is 9.26 Å². The molecule has 28 heavy (non-hydrogen) atoms. The summed E-state index contributed by atoms with van der Waals surface area (Å²) < 4.78 is 12.9. The maximum absolute atomic E-state index is 5.46. The van der Waals surface area contributed by atoms with Crippen molar-refractivity contribution < 1.29 is 9.26 Å². The number of hydrogen-bond acceptors (Lipinski definition) is 7. The van der Waals surface area contributed by atoms with Crippen molar-refractivity contribution in [2.75, 3.05) is 6.61 Å². The Morgan fingerprint density at radius 2 is 1.82 bits per heavy atom. The highest BCUT2D eigenvalue weighted by Gasteiger charge is 2.14. The lowest BCUT2D eigenvalue weighted by molar-refractivity contribution is 0.340. The predicted molar refractivity (Wildman–Crippen MR) is 107 cm³/mol. The first kappa shape index (κ1) is 18.2. The largest absolute Gasteiger partial charge is 0.494 e. The van der Waals surface area contributed by atoms with Gasteiger partial charge in [-0.05, 0) is 50.2 Å². The second-order valence-corrected chi connectivity index (χ2v) is 6.90. The van der Waals surface area contributed by atoms with Crippen molar-refractivity contribution in [1.29, 1.82) is 0 Å². The van der Waals surface area contributed by atoms with Crippen LogP contribution in [-0.4, -0.2) is 31.5 Å². The van der Waals surface area contributed by atoms with Crippen LogP contribution in [-0.2, 0) is 5.75 Å². The third-order valence-corrected chi connectivity index (χ3v) is 4.94. The lowest BCUT2D eigenvalue weighted by Gasteiger charge is -2.06. The minimum atomic E-state index is 0.509. The molecule has 7 nitrogen and oxygen atoms in total. The summed E-state index contributed by atoms with van der Waals surface area (Å²) in [6.45, 7) is 4.52. The molecule has 142 valence electrons. The summed E-state index contributed by atoms with van der Waals surface area (Å²) in [5.74, 6) is 3.25. The Bertz CT molecular complexity index is 1040. The molecule has 4 aromatic rings. The summed E-state index contributed by atoms with van der Waals surface area (Å²) in [6.07, 6.45) is 0. The second kappa shape index (κ2) is 8.26. The average Bonchev–Trinajstić information content (AvgIpc) is 3.34. The van der Waals surface area contributed by atoms with E-state index in [-0.39, 0.29) is 0 Å². The second-order valence-electron chi connectivity index (χ2n) is 5.96. The molecule has 4 rings (SSSR count). The van der Waals surface area contributed by atoms with E-state index in [1.165, 1.54) is 11.8 Å². The molecule has 0 radical (unpaired) electrons. The summed E-state index contributed by atoms with van der Waals surface area (Å²) >= 11 is 1.51. The summed E-state index contributed by atoms with van der Waals surface area (Å²) in [5.41, 5.74) is 1.90. The van der Waals surface area contributed by atoms with Crippen LogP contribution in [0.4, 0.5) is 0 Å². The molecule has 0 aliphatic carbocycles. The van der Waals surface area contributed by atoms with Gasteiger partial charge in [-0.2, -0.15) is 4.98 Å². The van der Waals surface area contributed by atoms with E-state index in [9.17, 15) is 0 Å². The lowest BCUT2D eigenvalue weighted by Crippen LogP contribution is -1.98. The molecule has 2 aromatic carbocycles. The number of para-hydroxylation sites is 1. The zero-order valence-corrected chi connectivity index (χ0v) is 16.4. The van der Waals surface area contributed by atoms with Crippen LogP contribution < -0.4 is 4.74 Å². The number of rotatable bonds is 7. The van der Waals surface area contributed by atoms with Crippen LogP contribution in [0, 0.1) is 6.92 Å². The number of hydrogen-bond donors (Lipinski definition) is 0. The SMILES string of the molecule is CCOc1ccc(-c2noc(CSc3nnc(C)n3-c3ccccc3)n2)cc1. The van der Waals surface area contributed by atoms with Gasteiger partial charge < -0.3 is 9.26 Å². The summed E-state index contributed by atoms with van der Waals surface area (Å²) in [5, 5.41) is 13.3. The maximum atomic E-state index is 5.46. The van der Waals surface area contributed by atoms with Gasteiger partial charge in [0.15, 0.2) is 5.16 Å². The molecular formula is C20H19N5O2S. The molecule has 0 aliphatic heterocycles. The van der Waals surface area contributed by atoms with Gasteiger partial charge in [-0.15, -0.1) is 10.2 Å². The zero-order chi connectivity index (χ0) is 19.3. The molecule has 8 heteroatoms. The van der Waals surface area contributed by atoms with E-state index in [0.29, 0.717) is 24.1 Å². The minimum Gasteiger partial charge on any atom is -0.494 e. The molecule has 2 aromatic heterocycles. The molecule has 0 spiro atoms. The lowest BCUT2D eigenvalue weighted by atomic mass is 10.2. The fraction of sp³-hybridized carbons (Fsp3) is 0.200. The number of thioether (sulfide) groups is 1. The van der Waals surface area contributed by atoms with Crippen molar-refractivity contribution in [3.63, 3.8) is 0 Å². The molecule has 0 saturated heterocycles. The Balaban J connectivity index is 1.47. The molecule has 0 fully saturated rings. The molecule has 0 aliphatic rings. The van der Waals surface area contributed by atoms with Crippen LogP contribution in [0.25, 0.3) is 17.1 Å². The van der Waals surface area contributed by atoms with Gasteiger partial charge in [0, 0.05) is 11.3 Å². The monoisotopic (exact) mass is 393 g/mol. The van der Waals surface area contributed by atoms with Crippen molar-refractivity contribution in [3.05, 3.63) is 66.3 Å². The molecule has 0 saturated carbocycles. The first-order chi connectivity index (χ1) is 13.7. The van der Waals surface area contributed by atoms with Gasteiger partial charge in [0.25, 0.3) is 0 Å². The molecule has 0 amide bonds. The molecule has 0 bridgehead atoms. The Morgan fingerprint density at radius 1 is 1.04 bits per heavy atom. The number of ether oxygens (including phenoxy) is 1. The third-order valence-electron chi connectivity index (χ3n) is 4.03. The van der Waals surface area contributed by atoms with Crippen molar-refractivity contribution in [2.24, 2.45) is 0 Å². The normalized spacial score (nSPS) is 10.9. The van der Waals surface area contributed by atoms with E-state index in [1.54, 1.807) is 0 Å². The molecule has 0 atom stereocenters. The van der Waals surface area contributed by atoms with Crippen molar-refractivity contribution in [3.8, 4) is 22.8 Å². The fourth-order valence-electron chi connectivity index (χ4n) is 2.73. The molecule has 0 N–H and O–H groups in total. The number of nitrogens with zero attached hydrogens (tertiary/aromatic N) is 5. The number of aromatic nitrogens is 5. The Kier molecular flexibility index (Phi) is 5.38. The van der Waals surface area contributed by atoms with E-state index < -0.39 is 0 Å². The van der Waals surface area contributed by atoms with Crippen molar-refractivity contribution >= 4 is 11.8 Å². The smallest absolute Gasteiger partial charge is 0.237 e. The van der Waals surface area contributed by atoms with E-state index in [0.717, 1.165) is 28.0 Å². The van der Waals surface area contributed by atoms with Gasteiger partial charge in [-0.1, -0.05) is 35.1 Å². The number of benzene rings is 2. The van der Waals surface area contributed by atoms with Gasteiger partial charge in [-0.3, -0.25) is 4.57 Å². The highest BCUT2D eigenvalue weighted by molar-refractivity contribution is 7.98. The van der Waals surface area contributed by atoms with Crippen LogP contribution in [0.1, 0.15) is 18.6 Å². The standard InChI is InChI=1S/C20H19N5O2S/c1-3-26-17-11-9-15(10-12-17)19-21-18(27-24-19)13-28-20-23-22-14(2)25(20)16-7-5-4-6-8-16/h4-12H,3,13H2,1-2H3. The van der Waals surface area contributed by atoms with Crippen LogP contribution in [0.2, 0.25) is 0 Å². The summed E-state index contributed by atoms with van der Waals surface area (Å²) in [7, 11) is 0. The summed E-state index contributed by atoms with van der Waals surface area (Å²) in [6, 6.07) is 17.6. The van der Waals surface area contributed by atoms with Gasteiger partial charge in [0.1, 0.15) is 11.6 Å². The van der Waals surface area contributed by atoms with Gasteiger partial charge in [-0.25, -0.2) is 0 Å². The number of aryl methyl sites for hydroxylation is 1. The predicted octanol–water partition coefficient (Wildman–Crippen LogP) is 4.32. The third kappa shape index (κ3) is 3.91. The first-order valence-corrected chi connectivity index (χ1v) is 9.89. The zero-order valence-electron chi connectivity index (χ0n) is 15.6. The maximum Gasteiger partial charge on any atom is 0.237 e. The Morgan fingerprint density at radius 3 is 2.57 bits per heavy atom. The Hall–Kier alpha value is -3.13. The van der Waals surface area contributed by atoms with Crippen LogP contribution in [0.15, 0.2) is 64.3 Å². The quantitative estimate of drug-likeness (QED) is 0.433. The average molecular weight is 393 g/mol. The topological polar surface area (TPSA) is 78.9 Å². The van der Waals surface area contributed by atoms with Gasteiger partial charge in [0.2, 0.25) is 11.7 Å². The molecule has 0 unspecified atom stereocenters. The van der Waals surface area contributed by atoms with Crippen molar-refractivity contribution in [1.82, 2.24) is 24.9 Å². The molecule has 2 heterocycles. The van der Waals surface area contributed by atoms with E-state index in [1.807, 2.05) is 73.0 Å². The minimum absolute atomic E-state index is 0.509. The van der Waals surface area contributed by atoms with Gasteiger partial charge in [0.05, 0.1) is 12.4 Å².